The fourth-order valence-electron chi connectivity index (χ4n) is 5.02. The number of aliphatic hydroxyl groups is 2. The molecule has 6 nitrogen and oxygen atoms in total. The molecule has 0 aromatic heterocycles. The molecule has 3 aromatic carbocycles. The van der Waals surface area contributed by atoms with E-state index in [9.17, 15) is 10.2 Å². The van der Waals surface area contributed by atoms with Crippen molar-refractivity contribution >= 4 is 0 Å². The van der Waals surface area contributed by atoms with E-state index in [0.717, 1.165) is 84.8 Å². The van der Waals surface area contributed by atoms with Crippen LogP contribution in [0.4, 0.5) is 0 Å². The van der Waals surface area contributed by atoms with Gasteiger partial charge in [-0.25, -0.2) is 0 Å². The van der Waals surface area contributed by atoms with E-state index in [0.29, 0.717) is 19.8 Å². The number of benzene rings is 3. The summed E-state index contributed by atoms with van der Waals surface area (Å²) < 4.78 is 12.3. The largest absolute Gasteiger partial charge is 0.493 e. The van der Waals surface area contributed by atoms with E-state index in [2.05, 4.69) is 42.3 Å². The first-order valence-electron chi connectivity index (χ1n) is 13.8. The average Bonchev–Trinajstić information content (AvgIpc) is 3.35. The molecule has 4 rings (SSSR count). The maximum absolute atomic E-state index is 10.3. The Balaban J connectivity index is 1.25. The predicted molar refractivity (Wildman–Crippen MR) is 153 cm³/mol. The topological polar surface area (TPSA) is 74.2 Å². The summed E-state index contributed by atoms with van der Waals surface area (Å²) in [4.78, 5) is 2.30. The number of hydrogen-bond acceptors (Lipinski definition) is 6. The van der Waals surface area contributed by atoms with Crippen molar-refractivity contribution in [2.45, 2.75) is 45.3 Å². The van der Waals surface area contributed by atoms with E-state index in [1.807, 2.05) is 48.5 Å². The minimum atomic E-state index is -0.502. The molecule has 1 aliphatic heterocycles. The maximum atomic E-state index is 10.3. The SMILES string of the molecule is Cc1c(OCCCNC[C@@H](O)c2ccccc2)cccc1-c1cccc(OCCCN2CC[C@@H](O)C2)c1C. The molecular weight excluding hydrogens is 476 g/mol. The van der Waals surface area contributed by atoms with Gasteiger partial charge in [0, 0.05) is 26.2 Å². The van der Waals surface area contributed by atoms with Crippen LogP contribution in [0.15, 0.2) is 66.7 Å². The highest BCUT2D eigenvalue weighted by Gasteiger charge is 2.19. The summed E-state index contributed by atoms with van der Waals surface area (Å²) in [6, 6.07) is 22.2. The zero-order valence-corrected chi connectivity index (χ0v) is 22.7. The highest BCUT2D eigenvalue weighted by molar-refractivity contribution is 5.74. The van der Waals surface area contributed by atoms with Gasteiger partial charge in [0.15, 0.2) is 0 Å². The van der Waals surface area contributed by atoms with E-state index in [-0.39, 0.29) is 6.10 Å². The predicted octanol–water partition coefficient (Wildman–Crippen LogP) is 4.90. The fourth-order valence-corrected chi connectivity index (χ4v) is 5.02. The van der Waals surface area contributed by atoms with Crippen LogP contribution in [0.5, 0.6) is 11.5 Å². The summed E-state index contributed by atoms with van der Waals surface area (Å²) in [5.74, 6) is 1.81. The van der Waals surface area contributed by atoms with Crippen LogP contribution in [-0.4, -0.2) is 67.2 Å². The van der Waals surface area contributed by atoms with E-state index >= 15 is 0 Å². The molecular formula is C32H42N2O4. The minimum Gasteiger partial charge on any atom is -0.493 e. The van der Waals surface area contributed by atoms with Crippen LogP contribution in [0.1, 0.15) is 42.1 Å². The van der Waals surface area contributed by atoms with Crippen molar-refractivity contribution in [3.63, 3.8) is 0 Å². The van der Waals surface area contributed by atoms with Crippen molar-refractivity contribution in [1.29, 1.82) is 0 Å². The van der Waals surface area contributed by atoms with E-state index < -0.39 is 6.10 Å². The third-order valence-corrected chi connectivity index (χ3v) is 7.26. The lowest BCUT2D eigenvalue weighted by Gasteiger charge is -2.18. The van der Waals surface area contributed by atoms with Crippen LogP contribution in [-0.2, 0) is 0 Å². The van der Waals surface area contributed by atoms with Gasteiger partial charge in [0.1, 0.15) is 11.5 Å². The van der Waals surface area contributed by atoms with E-state index in [1.165, 1.54) is 0 Å². The Labute approximate surface area is 227 Å². The van der Waals surface area contributed by atoms with Crippen LogP contribution in [0.2, 0.25) is 0 Å². The van der Waals surface area contributed by atoms with Gasteiger partial charge in [-0.15, -0.1) is 0 Å². The Hall–Kier alpha value is -2.90. The molecule has 3 aromatic rings. The summed E-state index contributed by atoms with van der Waals surface area (Å²) in [5, 5.41) is 23.3. The summed E-state index contributed by atoms with van der Waals surface area (Å²) in [7, 11) is 0. The lowest BCUT2D eigenvalue weighted by atomic mass is 9.95. The molecule has 204 valence electrons. The van der Waals surface area contributed by atoms with Gasteiger partial charge >= 0.3 is 0 Å². The molecule has 1 fully saturated rings. The standard InChI is InChI=1S/C32H42N2O4/c1-24-28(29-13-7-15-32(25(29)2)38-21-9-18-34-19-16-27(35)23-34)12-6-14-31(24)37-20-8-17-33-22-30(36)26-10-4-3-5-11-26/h3-7,10-15,27,30,33,35-36H,8-9,16-23H2,1-2H3/t27-,30-/m1/s1. The van der Waals surface area contributed by atoms with Crippen LogP contribution >= 0.6 is 0 Å². The quantitative estimate of drug-likeness (QED) is 0.264. The van der Waals surface area contributed by atoms with E-state index in [4.69, 9.17) is 9.47 Å². The number of aliphatic hydroxyl groups excluding tert-OH is 2. The first kappa shape index (κ1) is 28.1. The third kappa shape index (κ3) is 7.81. The van der Waals surface area contributed by atoms with Crippen molar-refractivity contribution in [2.75, 3.05) is 45.9 Å². The number of rotatable bonds is 14. The maximum Gasteiger partial charge on any atom is 0.122 e. The number of nitrogens with one attached hydrogen (secondary N) is 1. The fraction of sp³-hybridized carbons (Fsp3) is 0.438. The molecule has 3 N–H and O–H groups in total. The van der Waals surface area contributed by atoms with Gasteiger partial charge in [-0.2, -0.15) is 0 Å². The molecule has 0 saturated carbocycles. The van der Waals surface area contributed by atoms with Crippen LogP contribution in [0.25, 0.3) is 11.1 Å². The highest BCUT2D eigenvalue weighted by Crippen LogP contribution is 2.35. The van der Waals surface area contributed by atoms with Crippen LogP contribution in [0.3, 0.4) is 0 Å². The number of nitrogens with zero attached hydrogens (tertiary/aromatic N) is 1. The Morgan fingerprint density at radius 2 is 1.50 bits per heavy atom. The molecule has 0 aliphatic carbocycles. The Kier molecular flexibility index (Phi) is 10.6. The summed E-state index contributed by atoms with van der Waals surface area (Å²) >= 11 is 0. The van der Waals surface area contributed by atoms with Gasteiger partial charge in [-0.3, -0.25) is 0 Å². The Bertz CT molecular complexity index is 1140. The monoisotopic (exact) mass is 518 g/mol. The van der Waals surface area contributed by atoms with Crippen molar-refractivity contribution < 1.29 is 19.7 Å². The van der Waals surface area contributed by atoms with Gasteiger partial charge in [0.2, 0.25) is 0 Å². The average molecular weight is 519 g/mol. The molecule has 38 heavy (non-hydrogen) atoms. The second kappa shape index (κ2) is 14.3. The molecule has 0 bridgehead atoms. The van der Waals surface area contributed by atoms with Crippen LogP contribution < -0.4 is 14.8 Å². The second-order valence-corrected chi connectivity index (χ2v) is 10.1. The summed E-state index contributed by atoms with van der Waals surface area (Å²) in [5.41, 5.74) is 5.49. The molecule has 0 amide bonds. The number of β-amino-alcohol motifs (C(OH)–C–C–N with tert-alkyl or cyclic N) is 1. The summed E-state index contributed by atoms with van der Waals surface area (Å²) in [6.07, 6.45) is 1.99. The van der Waals surface area contributed by atoms with Crippen molar-refractivity contribution in [3.05, 3.63) is 83.4 Å². The van der Waals surface area contributed by atoms with Gasteiger partial charge in [0.05, 0.1) is 25.4 Å². The second-order valence-electron chi connectivity index (χ2n) is 10.1. The molecule has 1 heterocycles. The first-order valence-corrected chi connectivity index (χ1v) is 13.8. The minimum absolute atomic E-state index is 0.173. The number of ether oxygens (including phenoxy) is 2. The normalized spacial score (nSPS) is 16.5. The molecule has 6 heteroatoms. The highest BCUT2D eigenvalue weighted by atomic mass is 16.5. The summed E-state index contributed by atoms with van der Waals surface area (Å²) in [6.45, 7) is 9.50. The Morgan fingerprint density at radius 1 is 0.868 bits per heavy atom. The van der Waals surface area contributed by atoms with Gasteiger partial charge in [-0.1, -0.05) is 54.6 Å². The molecule has 1 saturated heterocycles. The number of likely N-dealkylation sites (tertiary alicyclic amines) is 1. The lowest BCUT2D eigenvalue weighted by molar-refractivity contribution is 0.173. The smallest absolute Gasteiger partial charge is 0.122 e. The zero-order valence-electron chi connectivity index (χ0n) is 22.7. The van der Waals surface area contributed by atoms with Crippen molar-refractivity contribution in [1.82, 2.24) is 10.2 Å². The third-order valence-electron chi connectivity index (χ3n) is 7.26. The molecule has 0 spiro atoms. The van der Waals surface area contributed by atoms with Gasteiger partial charge < -0.3 is 29.9 Å². The van der Waals surface area contributed by atoms with E-state index in [1.54, 1.807) is 0 Å². The first-order chi connectivity index (χ1) is 18.5. The number of hydrogen-bond donors (Lipinski definition) is 3. The van der Waals surface area contributed by atoms with Crippen molar-refractivity contribution in [3.8, 4) is 22.6 Å². The lowest BCUT2D eigenvalue weighted by Crippen LogP contribution is -2.24. The molecule has 1 aliphatic rings. The molecule has 0 radical (unpaired) electrons. The van der Waals surface area contributed by atoms with Crippen LogP contribution in [0, 0.1) is 13.8 Å². The van der Waals surface area contributed by atoms with Gasteiger partial charge in [-0.05, 0) is 79.6 Å². The zero-order chi connectivity index (χ0) is 26.7. The molecule has 0 unspecified atom stereocenters. The van der Waals surface area contributed by atoms with Crippen molar-refractivity contribution in [2.24, 2.45) is 0 Å². The van der Waals surface area contributed by atoms with Gasteiger partial charge in [0.25, 0.3) is 0 Å². The Morgan fingerprint density at radius 3 is 2.11 bits per heavy atom. The molecule has 2 atom stereocenters.